The first-order valence-electron chi connectivity index (χ1n) is 13.9. The fourth-order valence-corrected chi connectivity index (χ4v) is 10.7. The van der Waals surface area contributed by atoms with Crippen LogP contribution in [0.25, 0.3) is 0 Å². The van der Waals surface area contributed by atoms with Gasteiger partial charge < -0.3 is 30.6 Å². The molecule has 4 saturated carbocycles. The van der Waals surface area contributed by atoms with Crippen LogP contribution in [0.5, 0.6) is 0 Å². The molecule has 5 aliphatic carbocycles. The average molecular weight is 493 g/mol. The van der Waals surface area contributed by atoms with Crippen molar-refractivity contribution < 1.29 is 30.6 Å². The Kier molecular flexibility index (Phi) is 5.97. The highest BCUT2D eigenvalue weighted by molar-refractivity contribution is 5.34. The first-order valence-corrected chi connectivity index (χ1v) is 13.9. The summed E-state index contributed by atoms with van der Waals surface area (Å²) in [6.45, 7) is 8.56. The lowest BCUT2D eigenvalue weighted by Gasteiger charge is -2.71. The largest absolute Gasteiger partial charge is 0.396 e. The highest BCUT2D eigenvalue weighted by atomic mass is 16.3. The van der Waals surface area contributed by atoms with Gasteiger partial charge in [-0.15, -0.1) is 0 Å². The first kappa shape index (κ1) is 26.1. The van der Waals surface area contributed by atoms with Gasteiger partial charge in [-0.2, -0.15) is 0 Å². The molecule has 5 rings (SSSR count). The molecule has 200 valence electrons. The van der Waals surface area contributed by atoms with Crippen LogP contribution in [-0.2, 0) is 0 Å². The first-order chi connectivity index (χ1) is 16.3. The zero-order chi connectivity index (χ0) is 25.7. The van der Waals surface area contributed by atoms with Gasteiger partial charge in [-0.05, 0) is 96.9 Å². The van der Waals surface area contributed by atoms with Gasteiger partial charge in [0.2, 0.25) is 0 Å². The minimum atomic E-state index is -1.13. The van der Waals surface area contributed by atoms with E-state index in [0.29, 0.717) is 6.42 Å². The summed E-state index contributed by atoms with van der Waals surface area (Å²) in [6, 6.07) is 0. The van der Waals surface area contributed by atoms with E-state index in [4.69, 9.17) is 0 Å². The van der Waals surface area contributed by atoms with Crippen LogP contribution in [0.3, 0.4) is 0 Å². The van der Waals surface area contributed by atoms with Crippen LogP contribution in [0.1, 0.15) is 85.5 Å². The smallest absolute Gasteiger partial charge is 0.0902 e. The van der Waals surface area contributed by atoms with Crippen molar-refractivity contribution in [3.8, 4) is 0 Å². The van der Waals surface area contributed by atoms with Crippen LogP contribution in [0, 0.1) is 44.3 Å². The molecule has 0 aromatic rings. The van der Waals surface area contributed by atoms with Crippen LogP contribution in [0.15, 0.2) is 11.6 Å². The van der Waals surface area contributed by atoms with Gasteiger partial charge in [0.05, 0.1) is 31.5 Å². The second-order valence-corrected chi connectivity index (χ2v) is 14.5. The molecule has 0 radical (unpaired) electrons. The zero-order valence-corrected chi connectivity index (χ0v) is 22.1. The molecule has 0 aromatic heterocycles. The van der Waals surface area contributed by atoms with Crippen molar-refractivity contribution in [1.29, 1.82) is 0 Å². The predicted octanol–water partition coefficient (Wildman–Crippen LogP) is 2.78. The minimum absolute atomic E-state index is 0.0834. The van der Waals surface area contributed by atoms with E-state index in [9.17, 15) is 30.6 Å². The van der Waals surface area contributed by atoms with Crippen LogP contribution < -0.4 is 0 Å². The number of aliphatic hydroxyl groups excluding tert-OH is 6. The second kappa shape index (κ2) is 8.00. The van der Waals surface area contributed by atoms with Crippen LogP contribution >= 0.6 is 0 Å². The van der Waals surface area contributed by atoms with Gasteiger partial charge in [0.1, 0.15) is 0 Å². The van der Waals surface area contributed by atoms with E-state index in [0.717, 1.165) is 51.4 Å². The molecule has 0 heterocycles. The van der Waals surface area contributed by atoms with E-state index in [1.807, 2.05) is 0 Å². The lowest BCUT2D eigenvalue weighted by Crippen LogP contribution is -2.69. The maximum atomic E-state index is 11.9. The second-order valence-electron chi connectivity index (χ2n) is 14.5. The van der Waals surface area contributed by atoms with Crippen molar-refractivity contribution in [2.75, 3.05) is 19.8 Å². The maximum absolute atomic E-state index is 11.9. The summed E-state index contributed by atoms with van der Waals surface area (Å²) < 4.78 is 0. The predicted molar refractivity (Wildman–Crippen MR) is 133 cm³/mol. The monoisotopic (exact) mass is 492 g/mol. The summed E-state index contributed by atoms with van der Waals surface area (Å²) in [6.07, 6.45) is 7.36. The molecule has 5 aliphatic rings. The number of hydrogen-bond acceptors (Lipinski definition) is 6. The molecular formula is C29H48O6. The molecule has 10 atom stereocenters. The van der Waals surface area contributed by atoms with Crippen molar-refractivity contribution >= 4 is 0 Å². The Morgan fingerprint density at radius 1 is 0.829 bits per heavy atom. The summed E-state index contributed by atoms with van der Waals surface area (Å²) in [7, 11) is 0. The van der Waals surface area contributed by atoms with Gasteiger partial charge in [-0.3, -0.25) is 0 Å². The third kappa shape index (κ3) is 3.10. The van der Waals surface area contributed by atoms with E-state index in [1.54, 1.807) is 0 Å². The molecule has 6 N–H and O–H groups in total. The molecule has 1 spiro atoms. The third-order valence-electron chi connectivity index (χ3n) is 13.1. The molecular weight excluding hydrogens is 444 g/mol. The molecule has 0 aliphatic heterocycles. The van der Waals surface area contributed by atoms with Gasteiger partial charge in [-0.25, -0.2) is 0 Å². The molecule has 0 bridgehead atoms. The normalized spacial score (nSPS) is 55.1. The Balaban J connectivity index is 1.54. The Morgan fingerprint density at radius 2 is 1.49 bits per heavy atom. The van der Waals surface area contributed by atoms with Crippen molar-refractivity contribution in [3.63, 3.8) is 0 Å². The lowest BCUT2D eigenvalue weighted by atomic mass is 9.34. The van der Waals surface area contributed by atoms with Crippen LogP contribution in [0.4, 0.5) is 0 Å². The number of fused-ring (bicyclic) bond motifs is 5. The Bertz CT molecular complexity index is 884. The van der Waals surface area contributed by atoms with Gasteiger partial charge in [-0.1, -0.05) is 33.8 Å². The number of hydrogen-bond donors (Lipinski definition) is 6. The van der Waals surface area contributed by atoms with Crippen molar-refractivity contribution in [3.05, 3.63) is 11.6 Å². The van der Waals surface area contributed by atoms with E-state index < -0.39 is 23.7 Å². The molecule has 6 nitrogen and oxygen atoms in total. The zero-order valence-electron chi connectivity index (χ0n) is 22.1. The van der Waals surface area contributed by atoms with Crippen molar-refractivity contribution in [1.82, 2.24) is 0 Å². The van der Waals surface area contributed by atoms with Crippen molar-refractivity contribution in [2.45, 2.75) is 104 Å². The van der Waals surface area contributed by atoms with Gasteiger partial charge in [0, 0.05) is 17.4 Å². The lowest BCUT2D eigenvalue weighted by molar-refractivity contribution is -0.257. The number of aliphatic hydroxyl groups is 6. The van der Waals surface area contributed by atoms with Crippen LogP contribution in [0.2, 0.25) is 0 Å². The Hall–Kier alpha value is -0.500. The summed E-state index contributed by atoms with van der Waals surface area (Å²) >= 11 is 0. The van der Waals surface area contributed by atoms with E-state index in [1.165, 1.54) is 5.57 Å². The van der Waals surface area contributed by atoms with Crippen molar-refractivity contribution in [2.24, 2.45) is 44.3 Å². The average Bonchev–Trinajstić information content (AvgIpc) is 3.18. The van der Waals surface area contributed by atoms with E-state index in [-0.39, 0.29) is 58.7 Å². The Labute approximate surface area is 210 Å². The number of rotatable bonds is 3. The highest BCUT2D eigenvalue weighted by Gasteiger charge is 2.70. The topological polar surface area (TPSA) is 121 Å². The number of allylic oxidation sites excluding steroid dienone is 1. The highest BCUT2D eigenvalue weighted by Crippen LogP contribution is 2.74. The van der Waals surface area contributed by atoms with E-state index >= 15 is 0 Å². The standard InChI is InChI=1S/C29H48O6/c1-24(15-30)9-11-28(14-24)12-10-26(3)18(22(28)34)5-6-20-25(2)13-19(33)23(35)29(16-31,17-32)21(25)7-8-27(20,26)4/h5,19-23,30-35H,6-17H2,1-4H3/t19-,20?,21?,22-,23-,24?,25-,26-,27-,28+/m1/s1. The molecule has 4 fully saturated rings. The van der Waals surface area contributed by atoms with Gasteiger partial charge >= 0.3 is 0 Å². The fraction of sp³-hybridized carbons (Fsp3) is 0.931. The molecule has 0 saturated heterocycles. The summed E-state index contributed by atoms with van der Waals surface area (Å²) in [4.78, 5) is 0. The van der Waals surface area contributed by atoms with E-state index in [2.05, 4.69) is 33.8 Å². The third-order valence-corrected chi connectivity index (χ3v) is 13.1. The molecule has 6 heteroatoms. The summed E-state index contributed by atoms with van der Waals surface area (Å²) in [5, 5.41) is 64.6. The SMILES string of the molecule is CC1(CO)CC[C@]2(CC[C@]3(C)C(=CCC4[C@@]5(C)C[C@@H](O)[C@@H](O)C(CO)(CO)C5CC[C@]43C)[C@H]2O)C1. The minimum Gasteiger partial charge on any atom is -0.396 e. The summed E-state index contributed by atoms with van der Waals surface area (Å²) in [5.74, 6) is 0.134. The Morgan fingerprint density at radius 3 is 2.09 bits per heavy atom. The quantitative estimate of drug-likeness (QED) is 0.337. The fourth-order valence-electron chi connectivity index (χ4n) is 10.7. The molecule has 0 amide bonds. The van der Waals surface area contributed by atoms with Gasteiger partial charge in [0.25, 0.3) is 0 Å². The van der Waals surface area contributed by atoms with Crippen LogP contribution in [-0.4, -0.2) is 68.8 Å². The molecule has 0 aromatic carbocycles. The molecule has 3 unspecified atom stereocenters. The summed E-state index contributed by atoms with van der Waals surface area (Å²) in [5.41, 5.74) is -0.797. The maximum Gasteiger partial charge on any atom is 0.0902 e. The van der Waals surface area contributed by atoms with Gasteiger partial charge in [0.15, 0.2) is 0 Å². The molecule has 35 heavy (non-hydrogen) atoms.